The van der Waals surface area contributed by atoms with Crippen LogP contribution in [0.5, 0.6) is 5.75 Å². The Hall–Kier alpha value is -2.08. The smallest absolute Gasteiger partial charge is 0.213 e. The van der Waals surface area contributed by atoms with Crippen molar-refractivity contribution in [1.29, 1.82) is 0 Å². The predicted octanol–water partition coefficient (Wildman–Crippen LogP) is 1.37. The zero-order valence-electron chi connectivity index (χ0n) is 14.4. The molecule has 25 heavy (non-hydrogen) atoms. The lowest BCUT2D eigenvalue weighted by molar-refractivity contribution is -0.667. The van der Waals surface area contributed by atoms with Crippen LogP contribution in [0.2, 0.25) is 0 Å². The average molecular weight is 444 g/mol. The van der Waals surface area contributed by atoms with E-state index in [0.29, 0.717) is 0 Å². The van der Waals surface area contributed by atoms with Gasteiger partial charge in [-0.05, 0) is 37.6 Å². The molecule has 0 fully saturated rings. The monoisotopic (exact) mass is 444 g/mol. The summed E-state index contributed by atoms with van der Waals surface area (Å²) in [5, 5.41) is 1.24. The summed E-state index contributed by atoms with van der Waals surface area (Å²) in [6, 6.07) is 18.9. The Morgan fingerprint density at radius 1 is 1.00 bits per heavy atom. The lowest BCUT2D eigenvalue weighted by atomic mass is 10.1. The number of hydrogen-bond acceptors (Lipinski definition) is 2. The van der Waals surface area contributed by atoms with Crippen LogP contribution in [0.1, 0.15) is 19.4 Å². The van der Waals surface area contributed by atoms with E-state index in [0.717, 1.165) is 30.4 Å². The highest BCUT2D eigenvalue weighted by Crippen LogP contribution is 2.39. The van der Waals surface area contributed by atoms with Crippen LogP contribution >= 0.6 is 0 Å². The molecule has 0 spiro atoms. The summed E-state index contributed by atoms with van der Waals surface area (Å²) < 4.78 is 8.36. The lowest BCUT2D eigenvalue weighted by Gasteiger charge is -2.15. The van der Waals surface area contributed by atoms with Gasteiger partial charge in [-0.3, -0.25) is 0 Å². The molecule has 1 aliphatic heterocycles. The Morgan fingerprint density at radius 3 is 2.56 bits per heavy atom. The summed E-state index contributed by atoms with van der Waals surface area (Å²) in [6.45, 7) is 6.15. The number of ether oxygens (including phenoxy) is 1. The summed E-state index contributed by atoms with van der Waals surface area (Å²) in [5.74, 6) is 1.81. The number of benzene rings is 2. The molecule has 0 amide bonds. The Morgan fingerprint density at radius 2 is 1.76 bits per heavy atom. The number of halogens is 1. The first-order chi connectivity index (χ1) is 11.8. The van der Waals surface area contributed by atoms with E-state index in [9.17, 15) is 0 Å². The van der Waals surface area contributed by atoms with Crippen LogP contribution in [0, 0.1) is 0 Å². The van der Waals surface area contributed by atoms with E-state index in [1.807, 2.05) is 12.1 Å². The van der Waals surface area contributed by atoms with Gasteiger partial charge in [0.1, 0.15) is 6.54 Å². The zero-order chi connectivity index (χ0) is 16.5. The molecular weight excluding hydrogens is 423 g/mol. The first-order valence-electron chi connectivity index (χ1n) is 8.49. The molecule has 2 aromatic carbocycles. The van der Waals surface area contributed by atoms with Gasteiger partial charge < -0.3 is 33.6 Å². The minimum Gasteiger partial charge on any atom is -1.00 e. The molecule has 1 aliphatic rings. The van der Waals surface area contributed by atoms with Crippen molar-refractivity contribution < 1.29 is 33.3 Å². The molecule has 0 bridgehead atoms. The van der Waals surface area contributed by atoms with E-state index in [1.165, 1.54) is 16.5 Å². The van der Waals surface area contributed by atoms with Gasteiger partial charge in [-0.2, -0.15) is 4.57 Å². The molecular formula is C21H21IN2O. The minimum absolute atomic E-state index is 0. The average Bonchev–Trinajstić information content (AvgIpc) is 2.99. The van der Waals surface area contributed by atoms with E-state index < -0.39 is 0 Å². The Kier molecular flexibility index (Phi) is 5.27. The number of aryl methyl sites for hydroxylation is 1. The molecule has 1 aromatic heterocycles. The van der Waals surface area contributed by atoms with Gasteiger partial charge in [0.05, 0.1) is 11.1 Å². The van der Waals surface area contributed by atoms with E-state index in [-0.39, 0.29) is 24.0 Å². The Labute approximate surface area is 165 Å². The molecule has 128 valence electrons. The summed E-state index contributed by atoms with van der Waals surface area (Å²) in [5.41, 5.74) is 3.56. The van der Waals surface area contributed by atoms with Gasteiger partial charge in [-0.25, -0.2) is 0 Å². The first-order valence-corrected chi connectivity index (χ1v) is 8.49. The quantitative estimate of drug-likeness (QED) is 0.449. The van der Waals surface area contributed by atoms with Crippen molar-refractivity contribution in [2.45, 2.75) is 20.4 Å². The number of aromatic nitrogens is 1. The van der Waals surface area contributed by atoms with Crippen molar-refractivity contribution in [3.8, 4) is 5.75 Å². The van der Waals surface area contributed by atoms with Gasteiger partial charge >= 0.3 is 0 Å². The van der Waals surface area contributed by atoms with Crippen LogP contribution in [0.4, 0.5) is 5.69 Å². The van der Waals surface area contributed by atoms with Crippen molar-refractivity contribution in [2.24, 2.45) is 0 Å². The van der Waals surface area contributed by atoms with Crippen LogP contribution in [-0.4, -0.2) is 6.54 Å². The topological polar surface area (TPSA) is 16.4 Å². The summed E-state index contributed by atoms with van der Waals surface area (Å²) in [6.07, 6.45) is 4.29. The lowest BCUT2D eigenvalue weighted by Crippen LogP contribution is -3.00. The van der Waals surface area contributed by atoms with Gasteiger partial charge in [-0.15, -0.1) is 0 Å². The molecule has 2 heterocycles. The fraction of sp³-hybridized carbons (Fsp3) is 0.190. The highest BCUT2D eigenvalue weighted by atomic mass is 127. The molecule has 0 N–H and O–H groups in total. The minimum atomic E-state index is 0. The predicted molar refractivity (Wildman–Crippen MR) is 97.9 cm³/mol. The fourth-order valence-electron chi connectivity index (χ4n) is 3.33. The maximum Gasteiger partial charge on any atom is 0.213 e. The summed E-state index contributed by atoms with van der Waals surface area (Å²) >= 11 is 0. The molecule has 4 heteroatoms. The number of hydrogen-bond donors (Lipinski definition) is 0. The van der Waals surface area contributed by atoms with Crippen molar-refractivity contribution in [2.75, 3.05) is 11.4 Å². The zero-order valence-corrected chi connectivity index (χ0v) is 16.6. The highest BCUT2D eigenvalue weighted by molar-refractivity contribution is 5.87. The second-order valence-corrected chi connectivity index (χ2v) is 5.87. The fourth-order valence-corrected chi connectivity index (χ4v) is 3.33. The largest absolute Gasteiger partial charge is 1.00 e. The van der Waals surface area contributed by atoms with Crippen LogP contribution in [0.25, 0.3) is 17.0 Å². The summed E-state index contributed by atoms with van der Waals surface area (Å²) in [7, 11) is 0. The maximum absolute atomic E-state index is 6.10. The molecule has 0 unspecified atom stereocenters. The number of para-hydroxylation sites is 3. The number of nitrogens with zero attached hydrogens (tertiary/aromatic N) is 2. The SMILES string of the molecule is CCN1/C(=C/c2cc[n+](CC)c3ccccc23)Oc2ccccc21.[I-]. The summed E-state index contributed by atoms with van der Waals surface area (Å²) in [4.78, 5) is 2.21. The molecule has 0 saturated carbocycles. The number of rotatable bonds is 3. The molecule has 0 aliphatic carbocycles. The second-order valence-electron chi connectivity index (χ2n) is 5.87. The molecule has 0 atom stereocenters. The van der Waals surface area contributed by atoms with E-state index in [2.05, 4.69) is 78.1 Å². The van der Waals surface area contributed by atoms with Crippen molar-refractivity contribution >= 4 is 22.7 Å². The Balaban J connectivity index is 0.00000182. The van der Waals surface area contributed by atoms with E-state index in [1.54, 1.807) is 0 Å². The number of anilines is 1. The number of pyridine rings is 1. The molecule has 0 saturated heterocycles. The van der Waals surface area contributed by atoms with Gasteiger partial charge in [0.25, 0.3) is 0 Å². The third kappa shape index (κ3) is 3.11. The maximum atomic E-state index is 6.10. The third-order valence-electron chi connectivity index (χ3n) is 4.53. The van der Waals surface area contributed by atoms with Crippen molar-refractivity contribution in [3.63, 3.8) is 0 Å². The van der Waals surface area contributed by atoms with Crippen molar-refractivity contribution in [1.82, 2.24) is 0 Å². The molecule has 0 radical (unpaired) electrons. The van der Waals surface area contributed by atoms with Gasteiger partial charge in [0.2, 0.25) is 11.4 Å². The highest BCUT2D eigenvalue weighted by Gasteiger charge is 2.24. The second kappa shape index (κ2) is 7.44. The van der Waals surface area contributed by atoms with E-state index >= 15 is 0 Å². The standard InChI is InChI=1S/C21H21N2O.HI/c1-3-22-14-13-16(17-9-5-6-10-18(17)22)15-21-23(4-2)19-11-7-8-12-20(19)24-21;/h5-15H,3-4H2,1-2H3;1H/q+1;/p-1. The van der Waals surface area contributed by atoms with E-state index in [4.69, 9.17) is 4.74 Å². The molecule has 4 rings (SSSR count). The van der Waals surface area contributed by atoms with Crippen LogP contribution in [0.3, 0.4) is 0 Å². The van der Waals surface area contributed by atoms with Crippen LogP contribution in [-0.2, 0) is 6.54 Å². The normalized spacial score (nSPS) is 14.3. The number of fused-ring (bicyclic) bond motifs is 2. The van der Waals surface area contributed by atoms with Crippen LogP contribution < -0.4 is 38.2 Å². The van der Waals surface area contributed by atoms with Crippen molar-refractivity contribution in [3.05, 3.63) is 72.2 Å². The first kappa shape index (κ1) is 17.7. The van der Waals surface area contributed by atoms with Crippen LogP contribution in [0.15, 0.2) is 66.7 Å². The third-order valence-corrected chi connectivity index (χ3v) is 4.53. The van der Waals surface area contributed by atoms with Gasteiger partial charge in [0, 0.05) is 24.8 Å². The van der Waals surface area contributed by atoms with Gasteiger partial charge in [0.15, 0.2) is 11.9 Å². The van der Waals surface area contributed by atoms with Gasteiger partial charge in [-0.1, -0.05) is 24.3 Å². The Bertz CT molecular complexity index is 936. The molecule has 3 aromatic rings. The molecule has 3 nitrogen and oxygen atoms in total.